The first-order valence-corrected chi connectivity index (χ1v) is 9.39. The Balaban J connectivity index is 1.50. The maximum absolute atomic E-state index is 5.85. The maximum Gasteiger partial charge on any atom is 0.248 e. The van der Waals surface area contributed by atoms with E-state index in [9.17, 15) is 0 Å². The summed E-state index contributed by atoms with van der Waals surface area (Å²) in [6.45, 7) is 6.77. The molecule has 0 bridgehead atoms. The third-order valence-electron chi connectivity index (χ3n) is 5.00. The average Bonchev–Trinajstić information content (AvgIpc) is 3.19. The molecule has 2 aromatic carbocycles. The highest BCUT2D eigenvalue weighted by molar-refractivity contribution is 5.58. The Bertz CT molecular complexity index is 973. The molecule has 0 fully saturated rings. The molecule has 0 saturated carbocycles. The number of allylic oxidation sites excluding steroid dienone is 4. The van der Waals surface area contributed by atoms with E-state index in [4.69, 9.17) is 4.42 Å². The van der Waals surface area contributed by atoms with Gasteiger partial charge >= 0.3 is 0 Å². The Kier molecular flexibility index (Phi) is 4.53. The minimum Gasteiger partial charge on any atom is -0.416 e. The zero-order valence-corrected chi connectivity index (χ0v) is 16.0. The molecule has 136 valence electrons. The van der Waals surface area contributed by atoms with Gasteiger partial charge in [0.1, 0.15) is 0 Å². The number of aromatic nitrogens is 2. The van der Waals surface area contributed by atoms with E-state index in [1.807, 2.05) is 30.3 Å². The minimum absolute atomic E-state index is 0.208. The fraction of sp³-hybridized carbons (Fsp3) is 0.250. The minimum atomic E-state index is 0.208. The van der Waals surface area contributed by atoms with Crippen molar-refractivity contribution < 1.29 is 4.42 Å². The highest BCUT2D eigenvalue weighted by atomic mass is 16.4. The summed E-state index contributed by atoms with van der Waals surface area (Å²) < 4.78 is 5.85. The van der Waals surface area contributed by atoms with Gasteiger partial charge in [-0.05, 0) is 47.2 Å². The van der Waals surface area contributed by atoms with Crippen LogP contribution in [0.3, 0.4) is 0 Å². The van der Waals surface area contributed by atoms with Gasteiger partial charge in [-0.15, -0.1) is 10.2 Å². The van der Waals surface area contributed by atoms with E-state index in [1.54, 1.807) is 0 Å². The van der Waals surface area contributed by atoms with E-state index >= 15 is 0 Å². The molecule has 1 atom stereocenters. The molecule has 3 aromatic rings. The molecule has 4 rings (SSSR count). The summed E-state index contributed by atoms with van der Waals surface area (Å²) >= 11 is 0. The quantitative estimate of drug-likeness (QED) is 0.543. The summed E-state index contributed by atoms with van der Waals surface area (Å²) in [7, 11) is 0. The average molecular weight is 356 g/mol. The van der Waals surface area contributed by atoms with Crippen LogP contribution in [0.25, 0.3) is 22.9 Å². The lowest BCUT2D eigenvalue weighted by atomic mass is 9.80. The zero-order valence-electron chi connectivity index (χ0n) is 16.0. The molecular weight excluding hydrogens is 332 g/mol. The van der Waals surface area contributed by atoms with Crippen LogP contribution in [0.5, 0.6) is 0 Å². The fourth-order valence-corrected chi connectivity index (χ4v) is 3.33. The Morgan fingerprint density at radius 1 is 0.852 bits per heavy atom. The first-order valence-electron chi connectivity index (χ1n) is 9.39. The second-order valence-electron chi connectivity index (χ2n) is 8.01. The lowest BCUT2D eigenvalue weighted by Crippen LogP contribution is -2.11. The molecule has 1 heterocycles. The first-order chi connectivity index (χ1) is 13.0. The molecule has 0 N–H and O–H groups in total. The maximum atomic E-state index is 5.85. The van der Waals surface area contributed by atoms with E-state index in [0.29, 0.717) is 17.7 Å². The Morgan fingerprint density at radius 2 is 1.48 bits per heavy atom. The molecule has 1 aromatic heterocycles. The SMILES string of the molecule is CC(C)(C)C1=CCC(c2ccc(-c3nnc(-c4ccccc4)o3)cc2)C=C1. The molecule has 0 spiro atoms. The second-order valence-corrected chi connectivity index (χ2v) is 8.01. The smallest absolute Gasteiger partial charge is 0.248 e. The Hall–Kier alpha value is -2.94. The number of hydrogen-bond acceptors (Lipinski definition) is 3. The van der Waals surface area contributed by atoms with Gasteiger partial charge in [-0.1, -0.05) is 69.3 Å². The van der Waals surface area contributed by atoms with Crippen LogP contribution in [0.2, 0.25) is 0 Å². The van der Waals surface area contributed by atoms with Gasteiger partial charge in [-0.2, -0.15) is 0 Å². The van der Waals surface area contributed by atoms with Crippen molar-refractivity contribution in [2.24, 2.45) is 5.41 Å². The summed E-state index contributed by atoms with van der Waals surface area (Å²) in [5.74, 6) is 1.52. The van der Waals surface area contributed by atoms with Gasteiger partial charge in [0.15, 0.2) is 0 Å². The third-order valence-corrected chi connectivity index (χ3v) is 5.00. The standard InChI is InChI=1S/C24H24N2O/c1-24(2,3)21-15-13-18(14-16-21)17-9-11-20(12-10-17)23-26-25-22(27-23)19-7-5-4-6-8-19/h4-13,15-16,18H,14H2,1-3H3. The monoisotopic (exact) mass is 356 g/mol. The van der Waals surface area contributed by atoms with Crippen molar-refractivity contribution in [2.45, 2.75) is 33.1 Å². The van der Waals surface area contributed by atoms with Crippen molar-refractivity contribution in [1.29, 1.82) is 0 Å². The molecule has 1 aliphatic rings. The van der Waals surface area contributed by atoms with Crippen LogP contribution in [0.1, 0.15) is 38.7 Å². The van der Waals surface area contributed by atoms with Crippen molar-refractivity contribution in [2.75, 3.05) is 0 Å². The summed E-state index contributed by atoms with van der Waals surface area (Å²) in [5.41, 5.74) is 4.80. The van der Waals surface area contributed by atoms with Crippen LogP contribution in [-0.2, 0) is 0 Å². The molecule has 1 unspecified atom stereocenters. The van der Waals surface area contributed by atoms with Crippen molar-refractivity contribution >= 4 is 0 Å². The first kappa shape index (κ1) is 17.5. The van der Waals surface area contributed by atoms with Gasteiger partial charge in [0, 0.05) is 17.0 Å². The molecule has 27 heavy (non-hydrogen) atoms. The van der Waals surface area contributed by atoms with Crippen molar-refractivity contribution in [3.05, 3.63) is 84.0 Å². The number of nitrogens with zero attached hydrogens (tertiary/aromatic N) is 2. The summed E-state index contributed by atoms with van der Waals surface area (Å²) in [5, 5.41) is 8.37. The molecular formula is C24H24N2O. The number of rotatable bonds is 3. The molecule has 0 amide bonds. The van der Waals surface area contributed by atoms with Crippen LogP contribution < -0.4 is 0 Å². The summed E-state index contributed by atoms with van der Waals surface area (Å²) in [4.78, 5) is 0. The largest absolute Gasteiger partial charge is 0.416 e. The van der Waals surface area contributed by atoms with Crippen LogP contribution >= 0.6 is 0 Å². The summed E-state index contributed by atoms with van der Waals surface area (Å²) in [6.07, 6.45) is 7.99. The van der Waals surface area contributed by atoms with Gasteiger partial charge in [0.2, 0.25) is 11.8 Å². The molecule has 0 aliphatic heterocycles. The number of benzene rings is 2. The van der Waals surface area contributed by atoms with Gasteiger partial charge in [0.25, 0.3) is 0 Å². The topological polar surface area (TPSA) is 38.9 Å². The van der Waals surface area contributed by atoms with Gasteiger partial charge < -0.3 is 4.42 Å². The van der Waals surface area contributed by atoms with E-state index in [1.165, 1.54) is 11.1 Å². The van der Waals surface area contributed by atoms with Gasteiger partial charge in [0.05, 0.1) is 0 Å². The lowest BCUT2D eigenvalue weighted by molar-refractivity contribution is 0.510. The lowest BCUT2D eigenvalue weighted by Gasteiger charge is -2.25. The third kappa shape index (κ3) is 3.77. The molecule has 0 saturated heterocycles. The molecule has 3 heteroatoms. The highest BCUT2D eigenvalue weighted by Crippen LogP contribution is 2.35. The van der Waals surface area contributed by atoms with Gasteiger partial charge in [-0.3, -0.25) is 0 Å². The van der Waals surface area contributed by atoms with Crippen molar-refractivity contribution in [3.63, 3.8) is 0 Å². The van der Waals surface area contributed by atoms with Crippen LogP contribution in [0, 0.1) is 5.41 Å². The molecule has 1 aliphatic carbocycles. The van der Waals surface area contributed by atoms with Crippen molar-refractivity contribution in [1.82, 2.24) is 10.2 Å². The van der Waals surface area contributed by atoms with E-state index in [0.717, 1.165) is 17.5 Å². The summed E-state index contributed by atoms with van der Waals surface area (Å²) in [6, 6.07) is 18.3. The normalized spacial score (nSPS) is 17.0. The Morgan fingerprint density at radius 3 is 2.04 bits per heavy atom. The fourth-order valence-electron chi connectivity index (χ4n) is 3.33. The highest BCUT2D eigenvalue weighted by Gasteiger charge is 2.19. The van der Waals surface area contributed by atoms with Crippen LogP contribution in [0.15, 0.2) is 82.8 Å². The van der Waals surface area contributed by atoms with Crippen molar-refractivity contribution in [3.8, 4) is 22.9 Å². The Labute approximate surface area is 160 Å². The van der Waals surface area contributed by atoms with E-state index in [-0.39, 0.29) is 5.41 Å². The molecule has 3 nitrogen and oxygen atoms in total. The molecule has 0 radical (unpaired) electrons. The van der Waals surface area contributed by atoms with Crippen LogP contribution in [0.4, 0.5) is 0 Å². The second kappa shape index (κ2) is 6.99. The predicted molar refractivity (Wildman–Crippen MR) is 109 cm³/mol. The van der Waals surface area contributed by atoms with Gasteiger partial charge in [-0.25, -0.2) is 0 Å². The predicted octanol–water partition coefficient (Wildman–Crippen LogP) is 6.42. The number of hydrogen-bond donors (Lipinski definition) is 0. The van der Waals surface area contributed by atoms with E-state index in [2.05, 4.69) is 73.5 Å². The van der Waals surface area contributed by atoms with Crippen LogP contribution in [-0.4, -0.2) is 10.2 Å². The zero-order chi connectivity index (χ0) is 18.9. The van der Waals surface area contributed by atoms with E-state index < -0.39 is 0 Å².